The lowest BCUT2D eigenvalue weighted by atomic mass is 10.5. The maximum absolute atomic E-state index is 8.37. The zero-order chi connectivity index (χ0) is 6.78. The third-order valence-corrected chi connectivity index (χ3v) is 4.39. The van der Waals surface area contributed by atoms with Gasteiger partial charge >= 0.3 is 0 Å². The quantitative estimate of drug-likeness (QED) is 0.413. The largest absolute Gasteiger partial charge is 0.198 e. The number of hydrogen-bond donors (Lipinski definition) is 0. The Balaban J connectivity index is 3.87. The van der Waals surface area contributed by atoms with E-state index in [1.807, 2.05) is 20.0 Å². The number of nitriles is 1. The molecule has 0 spiro atoms. The molecule has 8 heavy (non-hydrogen) atoms. The van der Waals surface area contributed by atoms with Crippen molar-refractivity contribution in [2.45, 2.75) is 25.6 Å². The summed E-state index contributed by atoms with van der Waals surface area (Å²) in [4.78, 5) is 0. The SMILES string of the molecule is CC(C#N)[Si](C)(C)Cl. The van der Waals surface area contributed by atoms with Crippen molar-refractivity contribution in [1.29, 1.82) is 5.26 Å². The highest BCUT2D eigenvalue weighted by molar-refractivity contribution is 7.20. The first kappa shape index (κ1) is 8.00. The molecule has 0 aliphatic rings. The number of hydrogen-bond acceptors (Lipinski definition) is 1. The molecule has 0 fully saturated rings. The molecule has 46 valence electrons. The molecule has 0 N–H and O–H groups in total. The summed E-state index contributed by atoms with van der Waals surface area (Å²) in [5.74, 6) is 0. The summed E-state index contributed by atoms with van der Waals surface area (Å²) < 4.78 is 0. The molecule has 0 aliphatic carbocycles. The van der Waals surface area contributed by atoms with Crippen molar-refractivity contribution in [2.24, 2.45) is 0 Å². The fourth-order valence-electron chi connectivity index (χ4n) is 0.153. The van der Waals surface area contributed by atoms with Gasteiger partial charge in [0.1, 0.15) is 0 Å². The molecular formula is C5H10ClNSi. The van der Waals surface area contributed by atoms with Crippen molar-refractivity contribution < 1.29 is 0 Å². The summed E-state index contributed by atoms with van der Waals surface area (Å²) in [6.07, 6.45) is 0. The number of halogens is 1. The average molecular weight is 148 g/mol. The molecule has 0 saturated heterocycles. The van der Waals surface area contributed by atoms with Crippen LogP contribution in [-0.4, -0.2) is 7.38 Å². The molecule has 0 heterocycles. The minimum absolute atomic E-state index is 0.0594. The maximum Gasteiger partial charge on any atom is 0.167 e. The van der Waals surface area contributed by atoms with Gasteiger partial charge in [-0.2, -0.15) is 16.3 Å². The zero-order valence-electron chi connectivity index (χ0n) is 5.40. The highest BCUT2D eigenvalue weighted by Crippen LogP contribution is 2.23. The van der Waals surface area contributed by atoms with E-state index in [2.05, 4.69) is 6.07 Å². The van der Waals surface area contributed by atoms with Crippen LogP contribution in [-0.2, 0) is 0 Å². The van der Waals surface area contributed by atoms with E-state index in [1.54, 1.807) is 0 Å². The Labute approximate surface area is 56.0 Å². The summed E-state index contributed by atoms with van der Waals surface area (Å²) >= 11 is 5.90. The van der Waals surface area contributed by atoms with Crippen LogP contribution in [0.3, 0.4) is 0 Å². The van der Waals surface area contributed by atoms with Crippen molar-refractivity contribution in [3.05, 3.63) is 0 Å². The van der Waals surface area contributed by atoms with Crippen LogP contribution in [0.1, 0.15) is 6.92 Å². The minimum Gasteiger partial charge on any atom is -0.198 e. The number of nitrogens with zero attached hydrogens (tertiary/aromatic N) is 1. The first-order valence-electron chi connectivity index (χ1n) is 2.57. The van der Waals surface area contributed by atoms with Crippen LogP contribution in [0.15, 0.2) is 0 Å². The van der Waals surface area contributed by atoms with Gasteiger partial charge in [-0.3, -0.25) is 0 Å². The average Bonchev–Trinajstić information content (AvgIpc) is 1.62. The lowest BCUT2D eigenvalue weighted by Crippen LogP contribution is -2.21. The first-order valence-corrected chi connectivity index (χ1v) is 6.66. The van der Waals surface area contributed by atoms with Crippen LogP contribution in [0.2, 0.25) is 18.6 Å². The topological polar surface area (TPSA) is 23.8 Å². The Bertz CT molecular complexity index is 111. The van der Waals surface area contributed by atoms with Gasteiger partial charge in [0.2, 0.25) is 0 Å². The second-order valence-corrected chi connectivity index (χ2v) is 9.33. The van der Waals surface area contributed by atoms with Gasteiger partial charge in [-0.15, -0.1) is 0 Å². The molecule has 1 nitrogen and oxygen atoms in total. The monoisotopic (exact) mass is 147 g/mol. The van der Waals surface area contributed by atoms with Crippen LogP contribution in [0.5, 0.6) is 0 Å². The molecule has 0 amide bonds. The van der Waals surface area contributed by atoms with Crippen molar-refractivity contribution in [2.75, 3.05) is 0 Å². The Morgan fingerprint density at radius 3 is 2.00 bits per heavy atom. The zero-order valence-corrected chi connectivity index (χ0v) is 7.16. The lowest BCUT2D eigenvalue weighted by molar-refractivity contribution is 1.16. The predicted octanol–water partition coefficient (Wildman–Crippen LogP) is 2.34. The Morgan fingerprint density at radius 2 is 2.00 bits per heavy atom. The Hall–Kier alpha value is -0.00312. The van der Waals surface area contributed by atoms with Crippen molar-refractivity contribution >= 4 is 18.5 Å². The summed E-state index contributed by atoms with van der Waals surface area (Å²) in [7, 11) is -1.65. The molecule has 0 bridgehead atoms. The van der Waals surface area contributed by atoms with E-state index in [4.69, 9.17) is 16.3 Å². The minimum atomic E-state index is -1.65. The standard InChI is InChI=1S/C5H10ClNSi/c1-5(4-7)8(2,3)6/h5H,1-3H3. The third kappa shape index (κ3) is 2.34. The first-order chi connectivity index (χ1) is 3.48. The van der Waals surface area contributed by atoms with Gasteiger partial charge in [-0.1, -0.05) is 20.0 Å². The van der Waals surface area contributed by atoms with Gasteiger partial charge in [0, 0.05) is 0 Å². The van der Waals surface area contributed by atoms with Gasteiger partial charge < -0.3 is 0 Å². The molecular weight excluding hydrogens is 138 g/mol. The van der Waals surface area contributed by atoms with E-state index < -0.39 is 7.38 Å². The summed E-state index contributed by atoms with van der Waals surface area (Å²) in [6.45, 7) is 5.82. The number of rotatable bonds is 1. The molecule has 0 aromatic carbocycles. The summed E-state index contributed by atoms with van der Waals surface area (Å²) in [6, 6.07) is 2.13. The summed E-state index contributed by atoms with van der Waals surface area (Å²) in [5, 5.41) is 8.37. The highest BCUT2D eigenvalue weighted by atomic mass is 35.6. The highest BCUT2D eigenvalue weighted by Gasteiger charge is 2.25. The molecule has 0 aromatic rings. The fourth-order valence-corrected chi connectivity index (χ4v) is 0.607. The van der Waals surface area contributed by atoms with E-state index in [0.29, 0.717) is 0 Å². The van der Waals surface area contributed by atoms with Crippen molar-refractivity contribution in [3.8, 4) is 6.07 Å². The smallest absolute Gasteiger partial charge is 0.167 e. The van der Waals surface area contributed by atoms with E-state index in [9.17, 15) is 0 Å². The molecule has 1 atom stereocenters. The fraction of sp³-hybridized carbons (Fsp3) is 0.800. The maximum atomic E-state index is 8.37. The van der Waals surface area contributed by atoms with Gasteiger partial charge in [-0.05, 0) is 0 Å². The van der Waals surface area contributed by atoms with E-state index >= 15 is 0 Å². The van der Waals surface area contributed by atoms with E-state index in [-0.39, 0.29) is 5.54 Å². The van der Waals surface area contributed by atoms with Gasteiger partial charge in [0.25, 0.3) is 0 Å². The van der Waals surface area contributed by atoms with Gasteiger partial charge in [-0.25, -0.2) is 0 Å². The molecule has 3 heteroatoms. The van der Waals surface area contributed by atoms with Crippen LogP contribution < -0.4 is 0 Å². The molecule has 0 aromatic heterocycles. The van der Waals surface area contributed by atoms with Crippen LogP contribution in [0, 0.1) is 11.3 Å². The van der Waals surface area contributed by atoms with Crippen molar-refractivity contribution in [3.63, 3.8) is 0 Å². The predicted molar refractivity (Wildman–Crippen MR) is 38.4 cm³/mol. The van der Waals surface area contributed by atoms with E-state index in [1.165, 1.54) is 0 Å². The lowest BCUT2D eigenvalue weighted by Gasteiger charge is -2.13. The second kappa shape index (κ2) is 2.52. The normalized spacial score (nSPS) is 14.9. The van der Waals surface area contributed by atoms with E-state index in [0.717, 1.165) is 0 Å². The second-order valence-electron chi connectivity index (χ2n) is 2.42. The Kier molecular flexibility index (Phi) is 2.52. The summed E-state index contributed by atoms with van der Waals surface area (Å²) in [5.41, 5.74) is 0.0594. The molecule has 0 aliphatic heterocycles. The van der Waals surface area contributed by atoms with Gasteiger partial charge in [0.15, 0.2) is 7.38 Å². The Morgan fingerprint density at radius 1 is 1.62 bits per heavy atom. The molecule has 1 unspecified atom stereocenters. The molecule has 0 rings (SSSR count). The third-order valence-electron chi connectivity index (χ3n) is 1.22. The molecule has 0 radical (unpaired) electrons. The van der Waals surface area contributed by atoms with Crippen LogP contribution in [0.4, 0.5) is 0 Å². The molecule has 0 saturated carbocycles. The van der Waals surface area contributed by atoms with Gasteiger partial charge in [0.05, 0.1) is 11.6 Å². The van der Waals surface area contributed by atoms with Crippen LogP contribution in [0.25, 0.3) is 0 Å². The van der Waals surface area contributed by atoms with Crippen LogP contribution >= 0.6 is 11.1 Å². The van der Waals surface area contributed by atoms with Crippen molar-refractivity contribution in [1.82, 2.24) is 0 Å².